The van der Waals surface area contributed by atoms with Gasteiger partial charge in [-0.2, -0.15) is 0 Å². The van der Waals surface area contributed by atoms with Gasteiger partial charge in [0.25, 0.3) is 5.91 Å². The number of anilines is 1. The van der Waals surface area contributed by atoms with Crippen LogP contribution in [0.1, 0.15) is 39.5 Å². The molecule has 1 heterocycles. The number of fused-ring (bicyclic) bond motifs is 1. The molecule has 1 aliphatic carbocycles. The van der Waals surface area contributed by atoms with Crippen LogP contribution in [0.25, 0.3) is 0 Å². The van der Waals surface area contributed by atoms with E-state index < -0.39 is 0 Å². The zero-order valence-electron chi connectivity index (χ0n) is 11.6. The van der Waals surface area contributed by atoms with Crippen molar-refractivity contribution in [1.82, 2.24) is 0 Å². The van der Waals surface area contributed by atoms with E-state index in [1.165, 1.54) is 23.1 Å². The standard InChI is InChI=1S/C16H15NO4/c1-17(10-5-7-11(18)8-6-10)16(20)15-9-12-13(19)3-2-4-14(12)21-15/h5-9,18H,2-4H2,1H3. The van der Waals surface area contributed by atoms with Crippen LogP contribution in [-0.2, 0) is 6.42 Å². The van der Waals surface area contributed by atoms with E-state index in [1.54, 1.807) is 19.2 Å². The predicted molar refractivity (Wildman–Crippen MR) is 76.8 cm³/mol. The van der Waals surface area contributed by atoms with Crippen LogP contribution in [0.3, 0.4) is 0 Å². The molecular formula is C16H15NO4. The van der Waals surface area contributed by atoms with Gasteiger partial charge < -0.3 is 14.4 Å². The van der Waals surface area contributed by atoms with Crippen molar-refractivity contribution in [2.75, 3.05) is 11.9 Å². The number of Topliss-reactive ketones (excluding diaryl/α,β-unsaturated/α-hetero) is 1. The first kappa shape index (κ1) is 13.4. The van der Waals surface area contributed by atoms with E-state index in [2.05, 4.69) is 0 Å². The number of benzene rings is 1. The number of amides is 1. The number of aromatic hydroxyl groups is 1. The van der Waals surface area contributed by atoms with Gasteiger partial charge in [0, 0.05) is 31.6 Å². The van der Waals surface area contributed by atoms with Crippen molar-refractivity contribution < 1.29 is 19.1 Å². The molecule has 1 aromatic carbocycles. The molecule has 0 fully saturated rings. The lowest BCUT2D eigenvalue weighted by atomic mass is 9.97. The third kappa shape index (κ3) is 2.42. The normalized spacial score (nSPS) is 13.9. The Morgan fingerprint density at radius 3 is 2.62 bits per heavy atom. The Bertz CT molecular complexity index is 700. The number of hydrogen-bond donors (Lipinski definition) is 1. The summed E-state index contributed by atoms with van der Waals surface area (Å²) in [4.78, 5) is 25.6. The lowest BCUT2D eigenvalue weighted by molar-refractivity contribution is 0.0953. The Morgan fingerprint density at radius 2 is 1.95 bits per heavy atom. The SMILES string of the molecule is CN(C(=O)c1cc2c(o1)CCCC2=O)c1ccc(O)cc1. The third-order valence-corrected chi connectivity index (χ3v) is 3.67. The minimum atomic E-state index is -0.317. The lowest BCUT2D eigenvalue weighted by Gasteiger charge is -2.15. The van der Waals surface area contributed by atoms with E-state index in [4.69, 9.17) is 4.42 Å². The number of hydrogen-bond acceptors (Lipinski definition) is 4. The van der Waals surface area contributed by atoms with Gasteiger partial charge in [0.05, 0.1) is 5.56 Å². The number of phenolic OH excluding ortho intramolecular Hbond substituents is 1. The summed E-state index contributed by atoms with van der Waals surface area (Å²) in [6.07, 6.45) is 1.96. The number of aryl methyl sites for hydroxylation is 1. The first-order valence-corrected chi connectivity index (χ1v) is 6.79. The van der Waals surface area contributed by atoms with Crippen LogP contribution in [0.15, 0.2) is 34.7 Å². The minimum absolute atomic E-state index is 0.0336. The van der Waals surface area contributed by atoms with Gasteiger partial charge in [-0.15, -0.1) is 0 Å². The maximum absolute atomic E-state index is 12.4. The van der Waals surface area contributed by atoms with Crippen LogP contribution in [0.5, 0.6) is 5.75 Å². The molecule has 0 saturated carbocycles. The molecule has 1 amide bonds. The molecule has 108 valence electrons. The molecule has 1 aromatic heterocycles. The zero-order valence-corrected chi connectivity index (χ0v) is 11.6. The highest BCUT2D eigenvalue weighted by Crippen LogP contribution is 2.26. The average Bonchev–Trinajstić information content (AvgIpc) is 2.92. The van der Waals surface area contributed by atoms with Gasteiger partial charge in [-0.1, -0.05) is 0 Å². The monoisotopic (exact) mass is 285 g/mol. The molecule has 0 spiro atoms. The van der Waals surface area contributed by atoms with E-state index in [0.29, 0.717) is 29.9 Å². The molecule has 5 nitrogen and oxygen atoms in total. The molecule has 21 heavy (non-hydrogen) atoms. The van der Waals surface area contributed by atoms with Gasteiger partial charge in [-0.3, -0.25) is 9.59 Å². The fourth-order valence-electron chi connectivity index (χ4n) is 2.46. The second kappa shape index (κ2) is 5.09. The maximum atomic E-state index is 12.4. The predicted octanol–water partition coefficient (Wildman–Crippen LogP) is 2.78. The Hall–Kier alpha value is -2.56. The fraction of sp³-hybridized carbons (Fsp3) is 0.250. The van der Waals surface area contributed by atoms with Crippen LogP contribution in [0.4, 0.5) is 5.69 Å². The zero-order chi connectivity index (χ0) is 15.0. The Kier molecular flexibility index (Phi) is 3.25. The summed E-state index contributed by atoms with van der Waals surface area (Å²) in [5.41, 5.74) is 1.17. The molecular weight excluding hydrogens is 270 g/mol. The van der Waals surface area contributed by atoms with Crippen molar-refractivity contribution in [1.29, 1.82) is 0 Å². The van der Waals surface area contributed by atoms with E-state index >= 15 is 0 Å². The van der Waals surface area contributed by atoms with Gasteiger partial charge in [-0.25, -0.2) is 0 Å². The second-order valence-corrected chi connectivity index (χ2v) is 5.10. The molecule has 0 saturated heterocycles. The first-order chi connectivity index (χ1) is 10.1. The summed E-state index contributed by atoms with van der Waals surface area (Å²) in [7, 11) is 1.62. The summed E-state index contributed by atoms with van der Waals surface area (Å²) in [5.74, 6) is 0.632. The van der Waals surface area contributed by atoms with Gasteiger partial charge in [0.15, 0.2) is 11.5 Å². The van der Waals surface area contributed by atoms with Crippen molar-refractivity contribution in [2.45, 2.75) is 19.3 Å². The molecule has 3 rings (SSSR count). The first-order valence-electron chi connectivity index (χ1n) is 6.79. The van der Waals surface area contributed by atoms with E-state index in [-0.39, 0.29) is 23.2 Å². The van der Waals surface area contributed by atoms with Gasteiger partial charge >= 0.3 is 0 Å². The van der Waals surface area contributed by atoms with E-state index in [1.807, 2.05) is 0 Å². The van der Waals surface area contributed by atoms with Crippen LogP contribution in [0, 0.1) is 0 Å². The number of carbonyl (C=O) groups is 2. The summed E-state index contributed by atoms with van der Waals surface area (Å²) in [6, 6.07) is 7.84. The van der Waals surface area contributed by atoms with Crippen LogP contribution < -0.4 is 4.90 Å². The Balaban J connectivity index is 1.88. The molecule has 0 radical (unpaired) electrons. The van der Waals surface area contributed by atoms with Crippen LogP contribution in [-0.4, -0.2) is 23.8 Å². The van der Waals surface area contributed by atoms with Crippen molar-refractivity contribution in [2.24, 2.45) is 0 Å². The molecule has 2 aromatic rings. The smallest absolute Gasteiger partial charge is 0.293 e. The van der Waals surface area contributed by atoms with Crippen molar-refractivity contribution in [3.63, 3.8) is 0 Å². The molecule has 1 aliphatic rings. The van der Waals surface area contributed by atoms with Gasteiger partial charge in [0.2, 0.25) is 0 Å². The highest BCUT2D eigenvalue weighted by Gasteiger charge is 2.26. The summed E-state index contributed by atoms with van der Waals surface area (Å²) < 4.78 is 5.54. The number of ketones is 1. The van der Waals surface area contributed by atoms with Crippen LogP contribution in [0.2, 0.25) is 0 Å². The molecule has 0 aliphatic heterocycles. The molecule has 1 N–H and O–H groups in total. The number of carbonyl (C=O) groups excluding carboxylic acids is 2. The number of phenols is 1. The molecule has 5 heteroatoms. The summed E-state index contributed by atoms with van der Waals surface area (Å²) >= 11 is 0. The van der Waals surface area contributed by atoms with E-state index in [9.17, 15) is 14.7 Å². The van der Waals surface area contributed by atoms with E-state index in [0.717, 1.165) is 6.42 Å². The highest BCUT2D eigenvalue weighted by molar-refractivity contribution is 6.06. The van der Waals surface area contributed by atoms with Gasteiger partial charge in [-0.05, 0) is 30.7 Å². The van der Waals surface area contributed by atoms with Crippen molar-refractivity contribution in [3.8, 4) is 5.75 Å². The number of rotatable bonds is 2. The maximum Gasteiger partial charge on any atom is 0.293 e. The van der Waals surface area contributed by atoms with Crippen molar-refractivity contribution in [3.05, 3.63) is 47.4 Å². The Labute approximate surface area is 121 Å². The van der Waals surface area contributed by atoms with Gasteiger partial charge in [0.1, 0.15) is 11.5 Å². The summed E-state index contributed by atoms with van der Waals surface area (Å²) in [5, 5.41) is 9.27. The molecule has 0 unspecified atom stereocenters. The largest absolute Gasteiger partial charge is 0.508 e. The topological polar surface area (TPSA) is 70.8 Å². The lowest BCUT2D eigenvalue weighted by Crippen LogP contribution is -2.25. The average molecular weight is 285 g/mol. The highest BCUT2D eigenvalue weighted by atomic mass is 16.4. The quantitative estimate of drug-likeness (QED) is 0.921. The van der Waals surface area contributed by atoms with Crippen LogP contribution >= 0.6 is 0 Å². The Morgan fingerprint density at radius 1 is 1.24 bits per heavy atom. The number of furan rings is 1. The fourth-order valence-corrected chi connectivity index (χ4v) is 2.46. The third-order valence-electron chi connectivity index (χ3n) is 3.67. The number of nitrogens with zero attached hydrogens (tertiary/aromatic N) is 1. The minimum Gasteiger partial charge on any atom is -0.508 e. The summed E-state index contributed by atoms with van der Waals surface area (Å²) in [6.45, 7) is 0. The second-order valence-electron chi connectivity index (χ2n) is 5.10. The van der Waals surface area contributed by atoms with Crippen molar-refractivity contribution >= 4 is 17.4 Å². The molecule has 0 bridgehead atoms. The molecule has 0 atom stereocenters.